The van der Waals surface area contributed by atoms with E-state index in [1.165, 1.54) is 0 Å². The molecule has 0 heterocycles. The van der Waals surface area contributed by atoms with E-state index in [0.717, 1.165) is 25.7 Å². The van der Waals surface area contributed by atoms with Gasteiger partial charge in [0.25, 0.3) is 0 Å². The summed E-state index contributed by atoms with van der Waals surface area (Å²) >= 11 is 0. The molecule has 0 aromatic heterocycles. The van der Waals surface area contributed by atoms with Gasteiger partial charge >= 0.3 is 6.09 Å². The lowest BCUT2D eigenvalue weighted by atomic mass is 10.0. The Balaban J connectivity index is 4.06. The molecule has 0 aromatic rings. The molecule has 1 amide bonds. The number of carbonyl (C=O) groups excluding carboxylic acids is 1. The minimum Gasteiger partial charge on any atom is -0.444 e. The van der Waals surface area contributed by atoms with Crippen molar-refractivity contribution in [3.05, 3.63) is 0 Å². The normalized spacial score (nSPS) is 15.0. The molecule has 0 fully saturated rings. The Kier molecular flexibility index (Phi) is 8.00. The second-order valence-corrected chi connectivity index (χ2v) is 5.78. The Labute approximate surface area is 111 Å². The number of nitrogens with one attached hydrogen (secondary N) is 1. The van der Waals surface area contributed by atoms with Crippen LogP contribution in [0.1, 0.15) is 66.7 Å². The highest BCUT2D eigenvalue weighted by Gasteiger charge is 2.20. The van der Waals surface area contributed by atoms with E-state index in [9.17, 15) is 9.90 Å². The van der Waals surface area contributed by atoms with Gasteiger partial charge in [0.1, 0.15) is 5.60 Å². The lowest BCUT2D eigenvalue weighted by molar-refractivity contribution is 0.0479. The average Bonchev–Trinajstić information content (AvgIpc) is 2.22. The van der Waals surface area contributed by atoms with Gasteiger partial charge in [-0.3, -0.25) is 0 Å². The van der Waals surface area contributed by atoms with Gasteiger partial charge in [0, 0.05) is 6.04 Å². The SMILES string of the molecule is CCCC[C@@H](O)C[C@@H](CC)NC(=O)OC(C)(C)C. The smallest absolute Gasteiger partial charge is 0.407 e. The predicted molar refractivity (Wildman–Crippen MR) is 73.6 cm³/mol. The third-order valence-corrected chi connectivity index (χ3v) is 2.66. The predicted octanol–water partition coefficient (Wildman–Crippen LogP) is 3.23. The fourth-order valence-electron chi connectivity index (χ4n) is 1.69. The zero-order chi connectivity index (χ0) is 14.2. The summed E-state index contributed by atoms with van der Waals surface area (Å²) in [5.74, 6) is 0. The van der Waals surface area contributed by atoms with E-state index in [4.69, 9.17) is 4.74 Å². The van der Waals surface area contributed by atoms with Crippen LogP contribution in [-0.4, -0.2) is 28.9 Å². The van der Waals surface area contributed by atoms with E-state index in [1.807, 2.05) is 27.7 Å². The van der Waals surface area contributed by atoms with Gasteiger partial charge in [0.2, 0.25) is 0 Å². The maximum atomic E-state index is 11.6. The van der Waals surface area contributed by atoms with Gasteiger partial charge in [-0.05, 0) is 40.0 Å². The quantitative estimate of drug-likeness (QED) is 0.738. The molecule has 2 N–H and O–H groups in total. The fourth-order valence-corrected chi connectivity index (χ4v) is 1.69. The molecule has 4 heteroatoms. The minimum atomic E-state index is -0.483. The molecule has 0 rings (SSSR count). The monoisotopic (exact) mass is 259 g/mol. The third-order valence-electron chi connectivity index (χ3n) is 2.66. The molecule has 18 heavy (non-hydrogen) atoms. The Morgan fingerprint density at radius 1 is 1.33 bits per heavy atom. The highest BCUT2D eigenvalue weighted by Crippen LogP contribution is 2.11. The summed E-state index contributed by atoms with van der Waals surface area (Å²) in [5, 5.41) is 12.6. The minimum absolute atomic E-state index is 0.0216. The first-order valence-corrected chi connectivity index (χ1v) is 6.96. The van der Waals surface area contributed by atoms with Crippen molar-refractivity contribution in [1.29, 1.82) is 0 Å². The van der Waals surface area contributed by atoms with Crippen LogP contribution >= 0.6 is 0 Å². The van der Waals surface area contributed by atoms with Gasteiger partial charge in [-0.2, -0.15) is 0 Å². The highest BCUT2D eigenvalue weighted by atomic mass is 16.6. The average molecular weight is 259 g/mol. The van der Waals surface area contributed by atoms with Crippen molar-refractivity contribution in [3.63, 3.8) is 0 Å². The van der Waals surface area contributed by atoms with Crippen LogP contribution in [0.3, 0.4) is 0 Å². The fraction of sp³-hybridized carbons (Fsp3) is 0.929. The van der Waals surface area contributed by atoms with Gasteiger partial charge in [-0.15, -0.1) is 0 Å². The van der Waals surface area contributed by atoms with Crippen LogP contribution in [0.25, 0.3) is 0 Å². The van der Waals surface area contributed by atoms with Crippen LogP contribution in [-0.2, 0) is 4.74 Å². The molecule has 0 radical (unpaired) electrons. The van der Waals surface area contributed by atoms with Crippen molar-refractivity contribution in [1.82, 2.24) is 5.32 Å². The second-order valence-electron chi connectivity index (χ2n) is 5.78. The molecule has 2 atom stereocenters. The zero-order valence-corrected chi connectivity index (χ0v) is 12.5. The summed E-state index contributed by atoms with van der Waals surface area (Å²) in [5.41, 5.74) is -0.483. The topological polar surface area (TPSA) is 58.6 Å². The molecule has 0 spiro atoms. The van der Waals surface area contributed by atoms with E-state index >= 15 is 0 Å². The van der Waals surface area contributed by atoms with E-state index in [2.05, 4.69) is 12.2 Å². The molecule has 0 aliphatic heterocycles. The van der Waals surface area contributed by atoms with Crippen molar-refractivity contribution in [2.24, 2.45) is 0 Å². The molecule has 0 saturated carbocycles. The maximum absolute atomic E-state index is 11.6. The maximum Gasteiger partial charge on any atom is 0.407 e. The first-order valence-electron chi connectivity index (χ1n) is 6.96. The van der Waals surface area contributed by atoms with Crippen LogP contribution in [0.15, 0.2) is 0 Å². The number of alkyl carbamates (subject to hydrolysis) is 1. The van der Waals surface area contributed by atoms with Crippen molar-refractivity contribution in [2.75, 3.05) is 0 Å². The molecule has 0 saturated heterocycles. The first-order chi connectivity index (χ1) is 8.28. The number of hydrogen-bond acceptors (Lipinski definition) is 3. The standard InChI is InChI=1S/C14H29NO3/c1-6-8-9-12(16)10-11(7-2)15-13(17)18-14(3,4)5/h11-12,16H,6-10H2,1-5H3,(H,15,17)/t11-,12-/m1/s1. The van der Waals surface area contributed by atoms with Crippen molar-refractivity contribution >= 4 is 6.09 Å². The summed E-state index contributed by atoms with van der Waals surface area (Å²) in [7, 11) is 0. The third kappa shape index (κ3) is 9.28. The summed E-state index contributed by atoms with van der Waals surface area (Å²) in [4.78, 5) is 11.6. The van der Waals surface area contributed by atoms with Crippen LogP contribution in [0, 0.1) is 0 Å². The Hall–Kier alpha value is -0.770. The van der Waals surface area contributed by atoms with Crippen LogP contribution in [0.5, 0.6) is 0 Å². The largest absolute Gasteiger partial charge is 0.444 e. The van der Waals surface area contributed by atoms with E-state index in [1.54, 1.807) is 0 Å². The van der Waals surface area contributed by atoms with E-state index in [0.29, 0.717) is 6.42 Å². The summed E-state index contributed by atoms with van der Waals surface area (Å²) in [6.07, 6.45) is 3.53. The molecule has 0 aromatic carbocycles. The number of aliphatic hydroxyl groups is 1. The number of aliphatic hydroxyl groups excluding tert-OH is 1. The Morgan fingerprint density at radius 2 is 1.94 bits per heavy atom. The van der Waals surface area contributed by atoms with Crippen molar-refractivity contribution in [3.8, 4) is 0 Å². The molecule has 108 valence electrons. The molecule has 0 bridgehead atoms. The van der Waals surface area contributed by atoms with Crippen LogP contribution in [0.4, 0.5) is 4.79 Å². The van der Waals surface area contributed by atoms with Gasteiger partial charge in [0.15, 0.2) is 0 Å². The second kappa shape index (κ2) is 8.35. The van der Waals surface area contributed by atoms with Crippen molar-refractivity contribution in [2.45, 2.75) is 84.5 Å². The number of hydrogen-bond donors (Lipinski definition) is 2. The Morgan fingerprint density at radius 3 is 2.39 bits per heavy atom. The molecule has 4 nitrogen and oxygen atoms in total. The number of rotatable bonds is 7. The zero-order valence-electron chi connectivity index (χ0n) is 12.5. The summed E-state index contributed by atoms with van der Waals surface area (Å²) in [6.45, 7) is 9.61. The molecular formula is C14H29NO3. The summed E-state index contributed by atoms with van der Waals surface area (Å²) in [6, 6.07) is -0.0216. The summed E-state index contributed by atoms with van der Waals surface area (Å²) < 4.78 is 5.20. The van der Waals surface area contributed by atoms with E-state index < -0.39 is 11.7 Å². The van der Waals surface area contributed by atoms with Crippen LogP contribution < -0.4 is 5.32 Å². The van der Waals surface area contributed by atoms with Gasteiger partial charge in [-0.1, -0.05) is 26.7 Å². The Bertz CT molecular complexity index is 236. The molecule has 0 aliphatic rings. The first kappa shape index (κ1) is 17.2. The van der Waals surface area contributed by atoms with Gasteiger partial charge in [-0.25, -0.2) is 4.79 Å². The number of carbonyl (C=O) groups is 1. The number of amides is 1. The molecule has 0 aliphatic carbocycles. The lowest BCUT2D eigenvalue weighted by Gasteiger charge is -2.24. The van der Waals surface area contributed by atoms with Gasteiger partial charge < -0.3 is 15.2 Å². The lowest BCUT2D eigenvalue weighted by Crippen LogP contribution is -2.40. The van der Waals surface area contributed by atoms with E-state index in [-0.39, 0.29) is 12.1 Å². The van der Waals surface area contributed by atoms with Crippen LogP contribution in [0.2, 0.25) is 0 Å². The number of ether oxygens (including phenoxy) is 1. The molecule has 0 unspecified atom stereocenters. The van der Waals surface area contributed by atoms with Crippen molar-refractivity contribution < 1.29 is 14.6 Å². The number of unbranched alkanes of at least 4 members (excludes halogenated alkanes) is 1. The molecular weight excluding hydrogens is 230 g/mol. The van der Waals surface area contributed by atoms with Gasteiger partial charge in [0.05, 0.1) is 6.10 Å². The highest BCUT2D eigenvalue weighted by molar-refractivity contribution is 5.68.